The number of aliphatic imine (C=N–C) groups is 1. The molecule has 5 heteroatoms. The molecule has 5 nitrogen and oxygen atoms in total. The largest absolute Gasteiger partial charge is 0.284 e. The molecule has 0 radical (unpaired) electrons. The molecule has 1 aromatic rings. The van der Waals surface area contributed by atoms with Gasteiger partial charge < -0.3 is 0 Å². The summed E-state index contributed by atoms with van der Waals surface area (Å²) < 4.78 is 0. The first-order valence-electron chi connectivity index (χ1n) is 4.21. The Morgan fingerprint density at radius 3 is 3.15 bits per heavy atom. The fourth-order valence-electron chi connectivity index (χ4n) is 1.22. The molecular weight excluding hydrogens is 166 g/mol. The summed E-state index contributed by atoms with van der Waals surface area (Å²) in [5.41, 5.74) is 3.97. The number of nitrogens with one attached hydrogen (secondary N) is 1. The van der Waals surface area contributed by atoms with Crippen molar-refractivity contribution < 1.29 is 0 Å². The van der Waals surface area contributed by atoms with E-state index in [1.807, 2.05) is 18.1 Å². The van der Waals surface area contributed by atoms with Crippen LogP contribution in [0.1, 0.15) is 13.3 Å². The maximum atomic E-state index is 4.38. The molecular formula is C8H11N5. The number of hydrazine groups is 1. The molecule has 0 atom stereocenters. The van der Waals surface area contributed by atoms with Gasteiger partial charge in [0, 0.05) is 13.5 Å². The summed E-state index contributed by atoms with van der Waals surface area (Å²) >= 11 is 0. The summed E-state index contributed by atoms with van der Waals surface area (Å²) in [6.45, 7) is 2.05. The number of nitrogens with zero attached hydrogens (tertiary/aromatic N) is 4. The van der Waals surface area contributed by atoms with Crippen LogP contribution >= 0.6 is 0 Å². The van der Waals surface area contributed by atoms with Crippen LogP contribution in [0.3, 0.4) is 0 Å². The van der Waals surface area contributed by atoms with Gasteiger partial charge in [0.25, 0.3) is 0 Å². The van der Waals surface area contributed by atoms with Crippen molar-refractivity contribution in [3.05, 3.63) is 12.3 Å². The van der Waals surface area contributed by atoms with Crippen molar-refractivity contribution in [3.63, 3.8) is 0 Å². The molecule has 68 valence electrons. The van der Waals surface area contributed by atoms with Crippen molar-refractivity contribution >= 4 is 17.3 Å². The van der Waals surface area contributed by atoms with Crippen LogP contribution in [0.2, 0.25) is 0 Å². The van der Waals surface area contributed by atoms with E-state index in [1.165, 1.54) is 0 Å². The van der Waals surface area contributed by atoms with E-state index in [9.17, 15) is 0 Å². The maximum absolute atomic E-state index is 4.38. The van der Waals surface area contributed by atoms with Crippen molar-refractivity contribution in [3.8, 4) is 0 Å². The van der Waals surface area contributed by atoms with Crippen LogP contribution in [-0.4, -0.2) is 23.1 Å². The number of hydrogen-bond donors (Lipinski definition) is 1. The minimum Gasteiger partial charge on any atom is -0.284 e. The van der Waals surface area contributed by atoms with Gasteiger partial charge in [-0.2, -0.15) is 5.10 Å². The van der Waals surface area contributed by atoms with Crippen molar-refractivity contribution in [1.82, 2.24) is 15.6 Å². The van der Waals surface area contributed by atoms with E-state index in [0.717, 1.165) is 23.8 Å². The summed E-state index contributed by atoms with van der Waals surface area (Å²) in [6, 6.07) is 1.86. The molecule has 1 N–H and O–H groups in total. The van der Waals surface area contributed by atoms with Gasteiger partial charge in [-0.05, 0) is 6.07 Å². The van der Waals surface area contributed by atoms with E-state index in [-0.39, 0.29) is 0 Å². The molecule has 0 saturated heterocycles. The monoisotopic (exact) mass is 177 g/mol. The number of fused-ring (bicyclic) bond motifs is 1. The molecule has 0 aromatic carbocycles. The standard InChI is InChI=1S/C8H11N5/c1-3-7-10-6-4-5-9-11-8(6)13(2)12-7/h4-5H,3H2,1-2H3,(H,10,12). The van der Waals surface area contributed by atoms with Crippen LogP contribution in [-0.2, 0) is 0 Å². The van der Waals surface area contributed by atoms with Crippen molar-refractivity contribution in [1.29, 1.82) is 0 Å². The summed E-state index contributed by atoms with van der Waals surface area (Å²) in [7, 11) is 1.90. The van der Waals surface area contributed by atoms with E-state index in [2.05, 4.69) is 27.5 Å². The Hall–Kier alpha value is -1.65. The molecule has 1 aromatic heterocycles. The van der Waals surface area contributed by atoms with Crippen LogP contribution in [0.25, 0.3) is 0 Å². The van der Waals surface area contributed by atoms with Gasteiger partial charge in [-0.15, -0.1) is 5.10 Å². The SMILES string of the molecule is CCC1=Nc2ccnnc2N(C)N1. The lowest BCUT2D eigenvalue weighted by molar-refractivity contribution is 0.803. The zero-order chi connectivity index (χ0) is 9.26. The van der Waals surface area contributed by atoms with E-state index >= 15 is 0 Å². The average molecular weight is 177 g/mol. The molecule has 0 bridgehead atoms. The first-order valence-corrected chi connectivity index (χ1v) is 4.21. The van der Waals surface area contributed by atoms with Crippen molar-refractivity contribution in [2.24, 2.45) is 4.99 Å². The summed E-state index contributed by atoms with van der Waals surface area (Å²) in [5.74, 6) is 1.71. The zero-order valence-corrected chi connectivity index (χ0v) is 7.65. The molecule has 13 heavy (non-hydrogen) atoms. The smallest absolute Gasteiger partial charge is 0.195 e. The summed E-state index contributed by atoms with van der Waals surface area (Å²) in [4.78, 5) is 4.38. The fourth-order valence-corrected chi connectivity index (χ4v) is 1.22. The van der Waals surface area contributed by atoms with E-state index in [4.69, 9.17) is 0 Å². The highest BCUT2D eigenvalue weighted by atomic mass is 15.6. The molecule has 0 saturated carbocycles. The normalized spacial score (nSPS) is 14.6. The van der Waals surface area contributed by atoms with Crippen LogP contribution in [0.5, 0.6) is 0 Å². The van der Waals surface area contributed by atoms with Gasteiger partial charge in [-0.3, -0.25) is 10.4 Å². The second-order valence-electron chi connectivity index (χ2n) is 2.82. The Balaban J connectivity index is 2.46. The number of anilines is 1. The lowest BCUT2D eigenvalue weighted by Crippen LogP contribution is -2.41. The first-order chi connectivity index (χ1) is 6.31. The molecule has 1 aliphatic rings. The maximum Gasteiger partial charge on any atom is 0.195 e. The molecule has 2 heterocycles. The lowest BCUT2D eigenvalue weighted by atomic mass is 10.3. The van der Waals surface area contributed by atoms with Crippen LogP contribution < -0.4 is 10.4 Å². The van der Waals surface area contributed by atoms with Gasteiger partial charge in [0.15, 0.2) is 5.82 Å². The molecule has 0 fully saturated rings. The van der Waals surface area contributed by atoms with Gasteiger partial charge in [0.1, 0.15) is 11.5 Å². The minimum absolute atomic E-state index is 0.764. The number of amidine groups is 1. The van der Waals surface area contributed by atoms with Gasteiger partial charge in [-0.1, -0.05) is 6.92 Å². The van der Waals surface area contributed by atoms with Gasteiger partial charge in [0.05, 0.1) is 6.20 Å². The van der Waals surface area contributed by atoms with Gasteiger partial charge >= 0.3 is 0 Å². The molecule has 0 amide bonds. The third kappa shape index (κ3) is 1.32. The zero-order valence-electron chi connectivity index (χ0n) is 7.65. The predicted octanol–water partition coefficient (Wildman–Crippen LogP) is 0.871. The van der Waals surface area contributed by atoms with E-state index in [0.29, 0.717) is 0 Å². The van der Waals surface area contributed by atoms with Gasteiger partial charge in [0.2, 0.25) is 0 Å². The second kappa shape index (κ2) is 3.01. The average Bonchev–Trinajstić information content (AvgIpc) is 2.18. The van der Waals surface area contributed by atoms with Crippen LogP contribution in [0.4, 0.5) is 11.5 Å². The van der Waals surface area contributed by atoms with Crippen molar-refractivity contribution in [2.45, 2.75) is 13.3 Å². The highest BCUT2D eigenvalue weighted by molar-refractivity contribution is 5.90. The second-order valence-corrected chi connectivity index (χ2v) is 2.82. The lowest BCUT2D eigenvalue weighted by Gasteiger charge is -2.25. The fraction of sp³-hybridized carbons (Fsp3) is 0.375. The third-order valence-corrected chi connectivity index (χ3v) is 1.89. The number of aromatic nitrogens is 2. The number of hydrogen-bond acceptors (Lipinski definition) is 5. The predicted molar refractivity (Wildman–Crippen MR) is 51.0 cm³/mol. The topological polar surface area (TPSA) is 53.4 Å². The summed E-state index contributed by atoms with van der Waals surface area (Å²) in [5, 5.41) is 9.60. The highest BCUT2D eigenvalue weighted by Gasteiger charge is 2.15. The summed E-state index contributed by atoms with van der Waals surface area (Å²) in [6.07, 6.45) is 2.53. The Morgan fingerprint density at radius 2 is 2.38 bits per heavy atom. The van der Waals surface area contributed by atoms with Crippen LogP contribution in [0, 0.1) is 0 Å². The minimum atomic E-state index is 0.764. The van der Waals surface area contributed by atoms with Gasteiger partial charge in [-0.25, -0.2) is 4.99 Å². The highest BCUT2D eigenvalue weighted by Crippen LogP contribution is 2.25. The first kappa shape index (κ1) is 7.97. The van der Waals surface area contributed by atoms with Crippen LogP contribution in [0.15, 0.2) is 17.3 Å². The van der Waals surface area contributed by atoms with E-state index in [1.54, 1.807) is 6.20 Å². The molecule has 1 aliphatic heterocycles. The molecule has 0 aliphatic carbocycles. The molecule has 0 unspecified atom stereocenters. The Labute approximate surface area is 76.5 Å². The Morgan fingerprint density at radius 1 is 1.54 bits per heavy atom. The Kier molecular flexibility index (Phi) is 1.84. The number of rotatable bonds is 1. The molecule has 2 rings (SSSR count). The Bertz CT molecular complexity index is 346. The third-order valence-electron chi connectivity index (χ3n) is 1.89. The molecule has 0 spiro atoms. The quantitative estimate of drug-likeness (QED) is 0.691. The van der Waals surface area contributed by atoms with Crippen molar-refractivity contribution in [2.75, 3.05) is 12.1 Å². The van der Waals surface area contributed by atoms with E-state index < -0.39 is 0 Å².